The molecule has 0 spiro atoms. The van der Waals surface area contributed by atoms with Crippen LogP contribution in [-0.4, -0.2) is 22.5 Å². The van der Waals surface area contributed by atoms with Crippen LogP contribution in [0.25, 0.3) is 0 Å². The highest BCUT2D eigenvalue weighted by Gasteiger charge is 2.38. The number of esters is 1. The standard InChI is InChI=1S/C16H14ClN3O5/c1-2-24-15(22)10-9(7-4-3-5-8(17)6-7)11-13(21)19-16(23)20-14(11)25-12(10)18/h3-6,9H,2,18H2,1H3,(H2,19,20,21,23). The smallest absolute Gasteiger partial charge is 0.340 e. The van der Waals surface area contributed by atoms with Crippen molar-refractivity contribution in [1.82, 2.24) is 9.97 Å². The highest BCUT2D eigenvalue weighted by Crippen LogP contribution is 2.39. The molecule has 1 aromatic heterocycles. The molecular weight excluding hydrogens is 350 g/mol. The summed E-state index contributed by atoms with van der Waals surface area (Å²) in [7, 11) is 0. The number of carbonyl (C=O) groups excluding carboxylic acids is 1. The van der Waals surface area contributed by atoms with Crippen molar-refractivity contribution in [1.29, 1.82) is 0 Å². The Morgan fingerprint density at radius 1 is 1.36 bits per heavy atom. The van der Waals surface area contributed by atoms with E-state index >= 15 is 0 Å². The maximum absolute atomic E-state index is 12.4. The van der Waals surface area contributed by atoms with Gasteiger partial charge >= 0.3 is 11.7 Å². The van der Waals surface area contributed by atoms with Crippen LogP contribution in [0.15, 0.2) is 45.3 Å². The lowest BCUT2D eigenvalue weighted by molar-refractivity contribution is -0.139. The Labute approximate surface area is 146 Å². The summed E-state index contributed by atoms with van der Waals surface area (Å²) in [6.07, 6.45) is 0. The second-order valence-corrected chi connectivity index (χ2v) is 5.68. The predicted octanol–water partition coefficient (Wildman–Crippen LogP) is 0.974. The molecule has 130 valence electrons. The summed E-state index contributed by atoms with van der Waals surface area (Å²) < 4.78 is 10.3. The SMILES string of the molecule is CCOC(=O)C1=C(N)Oc2[nH]c(=O)[nH]c(=O)c2C1c1cccc(Cl)c1. The summed E-state index contributed by atoms with van der Waals surface area (Å²) >= 11 is 6.04. The van der Waals surface area contributed by atoms with Crippen molar-refractivity contribution in [3.63, 3.8) is 0 Å². The predicted molar refractivity (Wildman–Crippen MR) is 89.5 cm³/mol. The molecule has 0 saturated carbocycles. The highest BCUT2D eigenvalue weighted by molar-refractivity contribution is 6.30. The van der Waals surface area contributed by atoms with Crippen LogP contribution < -0.4 is 21.7 Å². The van der Waals surface area contributed by atoms with E-state index in [9.17, 15) is 14.4 Å². The fourth-order valence-electron chi connectivity index (χ4n) is 2.72. The number of halogens is 1. The maximum Gasteiger partial charge on any atom is 0.340 e. The summed E-state index contributed by atoms with van der Waals surface area (Å²) in [5, 5.41) is 0.410. The summed E-state index contributed by atoms with van der Waals surface area (Å²) in [6, 6.07) is 6.60. The van der Waals surface area contributed by atoms with Crippen LogP contribution in [0.3, 0.4) is 0 Å². The van der Waals surface area contributed by atoms with Gasteiger partial charge < -0.3 is 15.2 Å². The molecule has 1 atom stereocenters. The number of nitrogens with two attached hydrogens (primary N) is 1. The molecule has 3 rings (SSSR count). The molecule has 9 heteroatoms. The molecule has 8 nitrogen and oxygen atoms in total. The Bertz CT molecular complexity index is 992. The van der Waals surface area contributed by atoms with Crippen LogP contribution >= 0.6 is 11.6 Å². The monoisotopic (exact) mass is 363 g/mol. The molecular formula is C16H14ClN3O5. The second-order valence-electron chi connectivity index (χ2n) is 5.24. The van der Waals surface area contributed by atoms with E-state index in [0.29, 0.717) is 10.6 Å². The normalized spacial score (nSPS) is 16.2. The first-order valence-corrected chi connectivity index (χ1v) is 7.76. The van der Waals surface area contributed by atoms with E-state index in [-0.39, 0.29) is 29.5 Å². The van der Waals surface area contributed by atoms with Crippen LogP contribution in [0.4, 0.5) is 0 Å². The minimum absolute atomic E-state index is 0.0332. The van der Waals surface area contributed by atoms with Gasteiger partial charge in [0.2, 0.25) is 11.8 Å². The zero-order chi connectivity index (χ0) is 18.1. The topological polar surface area (TPSA) is 127 Å². The maximum atomic E-state index is 12.4. The van der Waals surface area contributed by atoms with E-state index in [0.717, 1.165) is 0 Å². The van der Waals surface area contributed by atoms with Crippen molar-refractivity contribution in [3.8, 4) is 5.88 Å². The van der Waals surface area contributed by atoms with Crippen LogP contribution in [0.2, 0.25) is 5.02 Å². The van der Waals surface area contributed by atoms with Gasteiger partial charge in [-0.05, 0) is 24.6 Å². The molecule has 1 aromatic carbocycles. The van der Waals surface area contributed by atoms with Crippen molar-refractivity contribution >= 4 is 17.6 Å². The summed E-state index contributed by atoms with van der Waals surface area (Å²) in [4.78, 5) is 40.8. The lowest BCUT2D eigenvalue weighted by Crippen LogP contribution is -2.35. The average Bonchev–Trinajstić information content (AvgIpc) is 2.53. The number of ether oxygens (including phenoxy) is 2. The number of nitrogens with one attached hydrogen (secondary N) is 2. The first kappa shape index (κ1) is 16.8. The third-order valence-electron chi connectivity index (χ3n) is 3.68. The number of rotatable bonds is 3. The molecule has 0 saturated heterocycles. The lowest BCUT2D eigenvalue weighted by Gasteiger charge is -2.27. The van der Waals surface area contributed by atoms with E-state index in [2.05, 4.69) is 9.97 Å². The van der Waals surface area contributed by atoms with E-state index in [4.69, 9.17) is 26.8 Å². The fraction of sp³-hybridized carbons (Fsp3) is 0.188. The number of fused-ring (bicyclic) bond motifs is 1. The van der Waals surface area contributed by atoms with Gasteiger partial charge in [0.25, 0.3) is 5.56 Å². The summed E-state index contributed by atoms with van der Waals surface area (Å²) in [6.45, 7) is 1.76. The van der Waals surface area contributed by atoms with Gasteiger partial charge in [0.15, 0.2) is 0 Å². The Hall–Kier alpha value is -3.00. The molecule has 1 aliphatic heterocycles. The minimum atomic E-state index is -0.901. The molecule has 25 heavy (non-hydrogen) atoms. The number of hydrogen-bond donors (Lipinski definition) is 3. The Balaban J connectivity index is 2.30. The summed E-state index contributed by atoms with van der Waals surface area (Å²) in [5.41, 5.74) is 4.97. The van der Waals surface area contributed by atoms with Gasteiger partial charge in [0.1, 0.15) is 5.57 Å². The number of aromatic amines is 2. The van der Waals surface area contributed by atoms with Gasteiger partial charge in [-0.2, -0.15) is 0 Å². The summed E-state index contributed by atoms with van der Waals surface area (Å²) in [5.74, 6) is -2.00. The van der Waals surface area contributed by atoms with Crippen LogP contribution in [0.1, 0.15) is 24.0 Å². The van der Waals surface area contributed by atoms with Crippen LogP contribution in [-0.2, 0) is 9.53 Å². The van der Waals surface area contributed by atoms with Gasteiger partial charge in [0, 0.05) is 5.02 Å². The molecule has 2 heterocycles. The van der Waals surface area contributed by atoms with Gasteiger partial charge in [-0.15, -0.1) is 0 Å². The lowest BCUT2D eigenvalue weighted by atomic mass is 9.84. The Kier molecular flexibility index (Phi) is 4.37. The van der Waals surface area contributed by atoms with Crippen molar-refractivity contribution in [2.45, 2.75) is 12.8 Å². The van der Waals surface area contributed by atoms with Crippen molar-refractivity contribution in [2.75, 3.05) is 6.61 Å². The quantitative estimate of drug-likeness (QED) is 0.697. The van der Waals surface area contributed by atoms with E-state index in [1.54, 1.807) is 31.2 Å². The number of aromatic nitrogens is 2. The third kappa shape index (κ3) is 3.03. The first-order valence-electron chi connectivity index (χ1n) is 7.39. The number of hydrogen-bond acceptors (Lipinski definition) is 6. The fourth-order valence-corrected chi connectivity index (χ4v) is 2.91. The van der Waals surface area contributed by atoms with Crippen molar-refractivity contribution in [3.05, 3.63) is 72.7 Å². The molecule has 0 radical (unpaired) electrons. The zero-order valence-corrected chi connectivity index (χ0v) is 13.8. The highest BCUT2D eigenvalue weighted by atomic mass is 35.5. The van der Waals surface area contributed by atoms with Gasteiger partial charge in [-0.3, -0.25) is 14.8 Å². The Morgan fingerprint density at radius 3 is 2.80 bits per heavy atom. The molecule has 0 amide bonds. The number of benzene rings is 1. The molecule has 0 aliphatic carbocycles. The minimum Gasteiger partial charge on any atom is -0.462 e. The third-order valence-corrected chi connectivity index (χ3v) is 3.91. The van der Waals surface area contributed by atoms with Crippen LogP contribution in [0, 0.1) is 0 Å². The zero-order valence-electron chi connectivity index (χ0n) is 13.1. The van der Waals surface area contributed by atoms with E-state index < -0.39 is 23.1 Å². The molecule has 4 N–H and O–H groups in total. The first-order chi connectivity index (χ1) is 11.9. The van der Waals surface area contributed by atoms with Gasteiger partial charge in [0.05, 0.1) is 18.1 Å². The van der Waals surface area contributed by atoms with E-state index in [1.807, 2.05) is 0 Å². The molecule has 1 aliphatic rings. The van der Waals surface area contributed by atoms with Crippen molar-refractivity contribution in [2.24, 2.45) is 5.73 Å². The number of carbonyl (C=O) groups is 1. The van der Waals surface area contributed by atoms with Gasteiger partial charge in [-0.1, -0.05) is 23.7 Å². The number of H-pyrrole nitrogens is 2. The van der Waals surface area contributed by atoms with Crippen molar-refractivity contribution < 1.29 is 14.3 Å². The molecule has 2 aromatic rings. The second kappa shape index (κ2) is 6.48. The average molecular weight is 364 g/mol. The molecule has 0 fully saturated rings. The molecule has 1 unspecified atom stereocenters. The molecule has 0 bridgehead atoms. The van der Waals surface area contributed by atoms with E-state index in [1.165, 1.54) is 0 Å². The Morgan fingerprint density at radius 2 is 2.12 bits per heavy atom. The van der Waals surface area contributed by atoms with Gasteiger partial charge in [-0.25, -0.2) is 9.59 Å². The van der Waals surface area contributed by atoms with Crippen LogP contribution in [0.5, 0.6) is 5.88 Å². The largest absolute Gasteiger partial charge is 0.462 e.